The second-order valence-electron chi connectivity index (χ2n) is 4.50. The minimum Gasteiger partial charge on any atom is -0.508 e. The van der Waals surface area contributed by atoms with Gasteiger partial charge in [0.1, 0.15) is 11.6 Å². The van der Waals surface area contributed by atoms with Crippen molar-refractivity contribution in [2.75, 3.05) is 24.7 Å². The van der Waals surface area contributed by atoms with Gasteiger partial charge in [-0.2, -0.15) is 15.0 Å². The first-order chi connectivity index (χ1) is 9.45. The molecule has 1 heterocycles. The smallest absolute Gasteiger partial charge is 0.229 e. The molecule has 1 aromatic heterocycles. The molecule has 0 aliphatic heterocycles. The van der Waals surface area contributed by atoms with Crippen molar-refractivity contribution in [3.63, 3.8) is 0 Å². The van der Waals surface area contributed by atoms with Crippen molar-refractivity contribution in [1.29, 1.82) is 0 Å². The molecule has 0 aliphatic rings. The maximum absolute atomic E-state index is 9.28. The number of aromatic nitrogens is 3. The molecule has 1 atom stereocenters. The number of nitrogens with two attached hydrogens (primary N) is 1. The van der Waals surface area contributed by atoms with Crippen LogP contribution < -0.4 is 10.6 Å². The van der Waals surface area contributed by atoms with Gasteiger partial charge in [-0.15, -0.1) is 11.8 Å². The molecular weight excluding hydrogens is 274 g/mol. The van der Waals surface area contributed by atoms with E-state index in [1.807, 2.05) is 33.2 Å². The number of nitrogen functional groups attached to an aromatic ring is 1. The largest absolute Gasteiger partial charge is 0.508 e. The van der Waals surface area contributed by atoms with E-state index in [0.29, 0.717) is 11.8 Å². The SMILES string of the molecule is CC(Sc1ccc(O)cc1)c1nc(N)nc(N(C)C)n1. The normalized spacial score (nSPS) is 12.2. The first kappa shape index (κ1) is 14.4. The van der Waals surface area contributed by atoms with Gasteiger partial charge in [0, 0.05) is 19.0 Å². The Morgan fingerprint density at radius 3 is 2.40 bits per heavy atom. The first-order valence-corrected chi connectivity index (χ1v) is 6.98. The van der Waals surface area contributed by atoms with E-state index in [1.165, 1.54) is 0 Å². The number of hydrogen-bond acceptors (Lipinski definition) is 7. The van der Waals surface area contributed by atoms with Crippen LogP contribution >= 0.6 is 11.8 Å². The number of phenols is 1. The summed E-state index contributed by atoms with van der Waals surface area (Å²) in [5, 5.41) is 9.31. The van der Waals surface area contributed by atoms with Crippen LogP contribution in [0.4, 0.5) is 11.9 Å². The number of hydrogen-bond donors (Lipinski definition) is 2. The maximum atomic E-state index is 9.28. The second kappa shape index (κ2) is 5.96. The second-order valence-corrected chi connectivity index (χ2v) is 5.91. The zero-order valence-corrected chi connectivity index (χ0v) is 12.4. The van der Waals surface area contributed by atoms with Crippen molar-refractivity contribution in [2.24, 2.45) is 0 Å². The Labute approximate surface area is 122 Å². The maximum Gasteiger partial charge on any atom is 0.229 e. The molecule has 0 radical (unpaired) electrons. The molecule has 0 saturated carbocycles. The average Bonchev–Trinajstić information content (AvgIpc) is 2.40. The van der Waals surface area contributed by atoms with Gasteiger partial charge in [-0.05, 0) is 31.2 Å². The van der Waals surface area contributed by atoms with E-state index in [0.717, 1.165) is 4.90 Å². The molecule has 0 spiro atoms. The topological polar surface area (TPSA) is 88.2 Å². The Kier molecular flexibility index (Phi) is 4.29. The van der Waals surface area contributed by atoms with Gasteiger partial charge >= 0.3 is 0 Å². The van der Waals surface area contributed by atoms with Gasteiger partial charge in [0.05, 0.1) is 5.25 Å². The fourth-order valence-electron chi connectivity index (χ4n) is 1.56. The van der Waals surface area contributed by atoms with Crippen LogP contribution in [0.25, 0.3) is 0 Å². The molecule has 0 fully saturated rings. The van der Waals surface area contributed by atoms with E-state index in [4.69, 9.17) is 5.73 Å². The third-order valence-electron chi connectivity index (χ3n) is 2.57. The van der Waals surface area contributed by atoms with Crippen LogP contribution in [-0.2, 0) is 0 Å². The van der Waals surface area contributed by atoms with Gasteiger partial charge in [0.15, 0.2) is 0 Å². The zero-order chi connectivity index (χ0) is 14.7. The van der Waals surface area contributed by atoms with E-state index in [1.54, 1.807) is 28.8 Å². The van der Waals surface area contributed by atoms with E-state index in [2.05, 4.69) is 15.0 Å². The number of thioether (sulfide) groups is 1. The lowest BCUT2D eigenvalue weighted by Crippen LogP contribution is -2.16. The number of aromatic hydroxyl groups is 1. The number of phenolic OH excluding ortho intramolecular Hbond substituents is 1. The first-order valence-electron chi connectivity index (χ1n) is 6.10. The molecule has 0 amide bonds. The Balaban J connectivity index is 2.20. The van der Waals surface area contributed by atoms with Crippen molar-refractivity contribution in [3.8, 4) is 5.75 Å². The number of nitrogens with zero attached hydrogens (tertiary/aromatic N) is 4. The minimum atomic E-state index is 0.0311. The molecule has 0 saturated heterocycles. The highest BCUT2D eigenvalue weighted by atomic mass is 32.2. The summed E-state index contributed by atoms with van der Waals surface area (Å²) >= 11 is 1.60. The van der Waals surface area contributed by atoms with Crippen molar-refractivity contribution < 1.29 is 5.11 Å². The quantitative estimate of drug-likeness (QED) is 0.834. The van der Waals surface area contributed by atoms with Crippen LogP contribution in [0.5, 0.6) is 5.75 Å². The zero-order valence-electron chi connectivity index (χ0n) is 11.6. The predicted molar refractivity (Wildman–Crippen MR) is 80.9 cm³/mol. The van der Waals surface area contributed by atoms with Crippen molar-refractivity contribution in [3.05, 3.63) is 30.1 Å². The molecule has 106 valence electrons. The highest BCUT2D eigenvalue weighted by Gasteiger charge is 2.14. The van der Waals surface area contributed by atoms with Crippen LogP contribution in [0, 0.1) is 0 Å². The lowest BCUT2D eigenvalue weighted by Gasteiger charge is -2.14. The van der Waals surface area contributed by atoms with Crippen LogP contribution in [0.15, 0.2) is 29.2 Å². The van der Waals surface area contributed by atoms with Crippen molar-refractivity contribution in [1.82, 2.24) is 15.0 Å². The van der Waals surface area contributed by atoms with Crippen LogP contribution in [0.3, 0.4) is 0 Å². The molecular formula is C13H17N5OS. The van der Waals surface area contributed by atoms with E-state index >= 15 is 0 Å². The summed E-state index contributed by atoms with van der Waals surface area (Å²) in [6.45, 7) is 2.01. The molecule has 1 aromatic carbocycles. The summed E-state index contributed by atoms with van der Waals surface area (Å²) in [6, 6.07) is 7.02. The number of anilines is 2. The molecule has 7 heteroatoms. The van der Waals surface area contributed by atoms with Crippen LogP contribution in [0.2, 0.25) is 0 Å². The Morgan fingerprint density at radius 1 is 1.15 bits per heavy atom. The van der Waals surface area contributed by atoms with Gasteiger partial charge in [0.25, 0.3) is 0 Å². The minimum absolute atomic E-state index is 0.0311. The molecule has 1 unspecified atom stereocenters. The predicted octanol–water partition coefficient (Wildman–Crippen LogP) is 2.08. The molecule has 2 rings (SSSR count). The van der Waals surface area contributed by atoms with Gasteiger partial charge in [-0.1, -0.05) is 0 Å². The van der Waals surface area contributed by atoms with Crippen molar-refractivity contribution in [2.45, 2.75) is 17.1 Å². The molecule has 2 aromatic rings. The summed E-state index contributed by atoms with van der Waals surface area (Å²) in [4.78, 5) is 15.5. The van der Waals surface area contributed by atoms with E-state index in [9.17, 15) is 5.11 Å². The van der Waals surface area contributed by atoms with Gasteiger partial charge < -0.3 is 15.7 Å². The van der Waals surface area contributed by atoms with Crippen LogP contribution in [0.1, 0.15) is 18.0 Å². The average molecular weight is 291 g/mol. The summed E-state index contributed by atoms with van der Waals surface area (Å²) in [7, 11) is 3.71. The Bertz CT molecular complexity index is 588. The summed E-state index contributed by atoms with van der Waals surface area (Å²) in [6.07, 6.45) is 0. The number of benzene rings is 1. The molecule has 6 nitrogen and oxygen atoms in total. The third-order valence-corrected chi connectivity index (χ3v) is 3.68. The van der Waals surface area contributed by atoms with Crippen LogP contribution in [-0.4, -0.2) is 34.2 Å². The standard InChI is InChI=1S/C13H17N5OS/c1-8(20-10-6-4-9(19)5-7-10)11-15-12(14)17-13(16-11)18(2)3/h4-8,19H,1-3H3,(H2,14,15,16,17). The highest BCUT2D eigenvalue weighted by molar-refractivity contribution is 7.99. The Morgan fingerprint density at radius 2 is 1.80 bits per heavy atom. The molecule has 20 heavy (non-hydrogen) atoms. The van der Waals surface area contributed by atoms with Gasteiger partial charge in [-0.3, -0.25) is 0 Å². The fourth-order valence-corrected chi connectivity index (χ4v) is 2.47. The summed E-state index contributed by atoms with van der Waals surface area (Å²) in [5.74, 6) is 1.66. The molecule has 0 aliphatic carbocycles. The third kappa shape index (κ3) is 3.51. The lowest BCUT2D eigenvalue weighted by molar-refractivity contribution is 0.475. The fraction of sp³-hybridized carbons (Fsp3) is 0.308. The lowest BCUT2D eigenvalue weighted by atomic mass is 10.3. The highest BCUT2D eigenvalue weighted by Crippen LogP contribution is 2.34. The van der Waals surface area contributed by atoms with Gasteiger partial charge in [0.2, 0.25) is 11.9 Å². The van der Waals surface area contributed by atoms with Gasteiger partial charge in [-0.25, -0.2) is 0 Å². The monoisotopic (exact) mass is 291 g/mol. The summed E-state index contributed by atoms with van der Waals surface area (Å²) < 4.78 is 0. The van der Waals surface area contributed by atoms with E-state index in [-0.39, 0.29) is 16.9 Å². The molecule has 0 bridgehead atoms. The van der Waals surface area contributed by atoms with E-state index < -0.39 is 0 Å². The Hall–Kier alpha value is -2.02. The molecule has 3 N–H and O–H groups in total. The summed E-state index contributed by atoms with van der Waals surface area (Å²) in [5.41, 5.74) is 5.72. The van der Waals surface area contributed by atoms with Crippen molar-refractivity contribution >= 4 is 23.7 Å². The number of rotatable bonds is 4.